The van der Waals surface area contributed by atoms with Gasteiger partial charge in [0, 0.05) is 0 Å². The van der Waals surface area contributed by atoms with Crippen LogP contribution in [0.25, 0.3) is 0 Å². The molecule has 2 aromatic carbocycles. The third-order valence-corrected chi connectivity index (χ3v) is 3.69. The number of rotatable bonds is 3. The summed E-state index contributed by atoms with van der Waals surface area (Å²) in [4.78, 5) is 0. The third-order valence-electron chi connectivity index (χ3n) is 3.69. The van der Waals surface area contributed by atoms with E-state index in [2.05, 4.69) is 81.5 Å². The van der Waals surface area contributed by atoms with Crippen LogP contribution in [0.2, 0.25) is 0 Å². The molecule has 0 heterocycles. The number of anilines is 1. The van der Waals surface area contributed by atoms with Gasteiger partial charge in [0.25, 0.3) is 0 Å². The van der Waals surface area contributed by atoms with Gasteiger partial charge in [-0.05, 0) is 53.6 Å². The molecule has 21 heavy (non-hydrogen) atoms. The molecule has 2 heteroatoms. The number of nitrogens with zero attached hydrogens (tertiary/aromatic N) is 1. The van der Waals surface area contributed by atoms with E-state index in [0.717, 1.165) is 11.3 Å². The summed E-state index contributed by atoms with van der Waals surface area (Å²) in [6.07, 6.45) is 1.85. The van der Waals surface area contributed by atoms with Crippen LogP contribution in [0, 0.1) is 13.8 Å². The fourth-order valence-corrected chi connectivity index (χ4v) is 2.06. The third kappa shape index (κ3) is 4.19. The summed E-state index contributed by atoms with van der Waals surface area (Å²) in [6, 6.07) is 14.8. The van der Waals surface area contributed by atoms with E-state index in [1.54, 1.807) is 0 Å². The highest BCUT2D eigenvalue weighted by molar-refractivity contribution is 5.80. The number of nitrogens with one attached hydrogen (secondary N) is 1. The average molecular weight is 280 g/mol. The fraction of sp³-hybridized carbons (Fsp3) is 0.316. The molecule has 110 valence electrons. The zero-order chi connectivity index (χ0) is 15.5. The zero-order valence-electron chi connectivity index (χ0n) is 13.6. The number of hydrogen-bond acceptors (Lipinski definition) is 2. The first kappa shape index (κ1) is 15.3. The first-order valence-corrected chi connectivity index (χ1v) is 7.33. The van der Waals surface area contributed by atoms with E-state index >= 15 is 0 Å². The van der Waals surface area contributed by atoms with Gasteiger partial charge < -0.3 is 0 Å². The largest absolute Gasteiger partial charge is 0.278 e. The summed E-state index contributed by atoms with van der Waals surface area (Å²) < 4.78 is 0. The maximum absolute atomic E-state index is 4.30. The second-order valence-electron chi connectivity index (χ2n) is 6.54. The second-order valence-corrected chi connectivity index (χ2v) is 6.54. The fourth-order valence-electron chi connectivity index (χ4n) is 2.06. The van der Waals surface area contributed by atoms with Gasteiger partial charge >= 0.3 is 0 Å². The van der Waals surface area contributed by atoms with Crippen LogP contribution < -0.4 is 5.43 Å². The second kappa shape index (κ2) is 6.13. The molecule has 0 unspecified atom stereocenters. The van der Waals surface area contributed by atoms with Crippen LogP contribution in [-0.4, -0.2) is 6.21 Å². The molecule has 0 spiro atoms. The molecule has 0 aliphatic rings. The first-order valence-electron chi connectivity index (χ1n) is 7.33. The lowest BCUT2D eigenvalue weighted by molar-refractivity contribution is 0.590. The van der Waals surface area contributed by atoms with Crippen molar-refractivity contribution < 1.29 is 0 Å². The van der Waals surface area contributed by atoms with Crippen molar-refractivity contribution in [2.24, 2.45) is 5.10 Å². The Balaban J connectivity index is 2.02. The smallest absolute Gasteiger partial charge is 0.0564 e. The van der Waals surface area contributed by atoms with Crippen molar-refractivity contribution in [3.8, 4) is 0 Å². The van der Waals surface area contributed by atoms with Crippen molar-refractivity contribution in [3.63, 3.8) is 0 Å². The molecule has 2 rings (SSSR count). The quantitative estimate of drug-likeness (QED) is 0.617. The minimum absolute atomic E-state index is 0.188. The van der Waals surface area contributed by atoms with E-state index < -0.39 is 0 Å². The molecule has 0 amide bonds. The van der Waals surface area contributed by atoms with Crippen LogP contribution >= 0.6 is 0 Å². The van der Waals surface area contributed by atoms with E-state index in [1.165, 1.54) is 16.7 Å². The molecule has 0 bridgehead atoms. The molecule has 0 aliphatic carbocycles. The van der Waals surface area contributed by atoms with Gasteiger partial charge in [-0.2, -0.15) is 5.10 Å². The molecule has 2 aromatic rings. The maximum atomic E-state index is 4.30. The van der Waals surface area contributed by atoms with Crippen LogP contribution in [-0.2, 0) is 5.41 Å². The van der Waals surface area contributed by atoms with E-state index in [0.29, 0.717) is 0 Å². The van der Waals surface area contributed by atoms with E-state index in [-0.39, 0.29) is 5.41 Å². The van der Waals surface area contributed by atoms with Crippen LogP contribution in [0.15, 0.2) is 47.6 Å². The van der Waals surface area contributed by atoms with Gasteiger partial charge in [0.1, 0.15) is 0 Å². The van der Waals surface area contributed by atoms with Crippen molar-refractivity contribution in [1.29, 1.82) is 0 Å². The SMILES string of the molecule is Cc1ccc(N/N=C/c2ccc(C(C)(C)C)cc2)cc1C. The van der Waals surface area contributed by atoms with Crippen LogP contribution in [0.1, 0.15) is 43.0 Å². The molecule has 0 atom stereocenters. The summed E-state index contributed by atoms with van der Waals surface area (Å²) in [5.41, 5.74) is 9.27. The summed E-state index contributed by atoms with van der Waals surface area (Å²) >= 11 is 0. The minimum atomic E-state index is 0.188. The Morgan fingerprint density at radius 2 is 1.57 bits per heavy atom. The molecular formula is C19H24N2. The Labute approximate surface area is 127 Å². The maximum Gasteiger partial charge on any atom is 0.0564 e. The van der Waals surface area contributed by atoms with Gasteiger partial charge in [0.05, 0.1) is 11.9 Å². The number of hydrogen-bond donors (Lipinski definition) is 1. The van der Waals surface area contributed by atoms with Crippen molar-refractivity contribution in [1.82, 2.24) is 0 Å². The Hall–Kier alpha value is -2.09. The summed E-state index contributed by atoms with van der Waals surface area (Å²) in [5.74, 6) is 0. The molecule has 1 N–H and O–H groups in total. The van der Waals surface area contributed by atoms with E-state index in [1.807, 2.05) is 12.3 Å². The predicted molar refractivity (Wildman–Crippen MR) is 92.3 cm³/mol. The number of aryl methyl sites for hydroxylation is 2. The lowest BCUT2D eigenvalue weighted by atomic mass is 9.87. The molecule has 0 aliphatic heterocycles. The molecule has 2 nitrogen and oxygen atoms in total. The lowest BCUT2D eigenvalue weighted by Gasteiger charge is -2.18. The van der Waals surface area contributed by atoms with Crippen molar-refractivity contribution in [2.45, 2.75) is 40.0 Å². The van der Waals surface area contributed by atoms with Gasteiger partial charge in [-0.15, -0.1) is 0 Å². The normalized spacial score (nSPS) is 11.9. The zero-order valence-corrected chi connectivity index (χ0v) is 13.6. The standard InChI is InChI=1S/C19H24N2/c1-14-6-11-18(12-15(14)2)21-20-13-16-7-9-17(10-8-16)19(3,4)5/h6-13,21H,1-5H3/b20-13+. The van der Waals surface area contributed by atoms with Gasteiger partial charge in [-0.1, -0.05) is 51.1 Å². The average Bonchev–Trinajstić information content (AvgIpc) is 2.42. The molecule has 0 radical (unpaired) electrons. The van der Waals surface area contributed by atoms with E-state index in [4.69, 9.17) is 0 Å². The summed E-state index contributed by atoms with van der Waals surface area (Å²) in [7, 11) is 0. The summed E-state index contributed by atoms with van der Waals surface area (Å²) in [5, 5.41) is 4.30. The molecule has 0 aromatic heterocycles. The van der Waals surface area contributed by atoms with Gasteiger partial charge in [0.2, 0.25) is 0 Å². The number of hydrazone groups is 1. The van der Waals surface area contributed by atoms with Crippen LogP contribution in [0.5, 0.6) is 0 Å². The van der Waals surface area contributed by atoms with Crippen LogP contribution in [0.4, 0.5) is 5.69 Å². The first-order chi connectivity index (χ1) is 9.86. The molecule has 0 saturated heterocycles. The van der Waals surface area contributed by atoms with E-state index in [9.17, 15) is 0 Å². The highest BCUT2D eigenvalue weighted by Crippen LogP contribution is 2.21. The van der Waals surface area contributed by atoms with Gasteiger partial charge in [-0.25, -0.2) is 0 Å². The topological polar surface area (TPSA) is 24.4 Å². The molecule has 0 saturated carbocycles. The highest BCUT2D eigenvalue weighted by Gasteiger charge is 2.12. The lowest BCUT2D eigenvalue weighted by Crippen LogP contribution is -2.10. The highest BCUT2D eigenvalue weighted by atomic mass is 15.3. The Kier molecular flexibility index (Phi) is 4.46. The Bertz CT molecular complexity index is 632. The summed E-state index contributed by atoms with van der Waals surface area (Å²) in [6.45, 7) is 10.9. The number of benzene rings is 2. The predicted octanol–water partition coefficient (Wildman–Crippen LogP) is 5.05. The molecular weight excluding hydrogens is 256 g/mol. The van der Waals surface area contributed by atoms with Crippen molar-refractivity contribution in [3.05, 3.63) is 64.7 Å². The van der Waals surface area contributed by atoms with Crippen molar-refractivity contribution >= 4 is 11.9 Å². The molecule has 0 fully saturated rings. The van der Waals surface area contributed by atoms with Gasteiger partial charge in [-0.3, -0.25) is 5.43 Å². The van der Waals surface area contributed by atoms with Crippen LogP contribution in [0.3, 0.4) is 0 Å². The monoisotopic (exact) mass is 280 g/mol. The Morgan fingerprint density at radius 3 is 2.14 bits per heavy atom. The Morgan fingerprint density at radius 1 is 0.905 bits per heavy atom. The van der Waals surface area contributed by atoms with Gasteiger partial charge in [0.15, 0.2) is 0 Å². The van der Waals surface area contributed by atoms with Crippen molar-refractivity contribution in [2.75, 3.05) is 5.43 Å². The minimum Gasteiger partial charge on any atom is -0.278 e.